The molecule has 11 heteroatoms. The molecule has 2 aromatic rings. The predicted molar refractivity (Wildman–Crippen MR) is 110 cm³/mol. The zero-order valence-electron chi connectivity index (χ0n) is 17.8. The minimum Gasteiger partial charge on any atom is -0.462 e. The Balaban J connectivity index is 1.68. The first-order valence-corrected chi connectivity index (χ1v) is 11.1. The van der Waals surface area contributed by atoms with Gasteiger partial charge in [-0.3, -0.25) is 4.79 Å². The molecule has 1 aliphatic heterocycles. The van der Waals surface area contributed by atoms with Crippen LogP contribution in [-0.4, -0.2) is 44.8 Å². The van der Waals surface area contributed by atoms with Gasteiger partial charge in [0.15, 0.2) is 11.5 Å². The number of rotatable bonds is 8. The molecule has 168 valence electrons. The molecular formula is C20H25N3O7S. The van der Waals surface area contributed by atoms with E-state index in [9.17, 15) is 18.0 Å². The lowest BCUT2D eigenvalue weighted by Crippen LogP contribution is -2.37. The molecule has 0 saturated heterocycles. The first-order valence-electron chi connectivity index (χ1n) is 9.63. The summed E-state index contributed by atoms with van der Waals surface area (Å²) < 4.78 is 45.2. The Kier molecular flexibility index (Phi) is 6.56. The van der Waals surface area contributed by atoms with Crippen molar-refractivity contribution in [3.05, 3.63) is 40.7 Å². The Hall–Kier alpha value is -3.05. The van der Waals surface area contributed by atoms with Gasteiger partial charge in [0.1, 0.15) is 10.5 Å². The molecule has 1 aromatic carbocycles. The number of esters is 1. The van der Waals surface area contributed by atoms with E-state index in [-0.39, 0.29) is 30.4 Å². The van der Waals surface area contributed by atoms with E-state index in [2.05, 4.69) is 10.0 Å². The summed E-state index contributed by atoms with van der Waals surface area (Å²) in [5.41, 5.74) is 1.58. The second-order valence-electron chi connectivity index (χ2n) is 6.94. The minimum absolute atomic E-state index is 0.0323. The van der Waals surface area contributed by atoms with Crippen LogP contribution in [0.3, 0.4) is 0 Å². The van der Waals surface area contributed by atoms with Gasteiger partial charge in [-0.05, 0) is 38.5 Å². The van der Waals surface area contributed by atoms with Gasteiger partial charge >= 0.3 is 5.97 Å². The number of sulfonamides is 1. The lowest BCUT2D eigenvalue weighted by atomic mass is 10.2. The van der Waals surface area contributed by atoms with E-state index in [0.717, 1.165) is 5.56 Å². The van der Waals surface area contributed by atoms with Crippen LogP contribution in [-0.2, 0) is 33.1 Å². The quantitative estimate of drug-likeness (QED) is 0.577. The van der Waals surface area contributed by atoms with Crippen LogP contribution in [0.2, 0.25) is 0 Å². The second-order valence-corrected chi connectivity index (χ2v) is 8.65. The van der Waals surface area contributed by atoms with E-state index in [1.54, 1.807) is 50.6 Å². The molecule has 0 bridgehead atoms. The highest BCUT2D eigenvalue weighted by molar-refractivity contribution is 7.89. The van der Waals surface area contributed by atoms with Crippen LogP contribution < -0.4 is 19.5 Å². The maximum absolute atomic E-state index is 12.9. The molecule has 2 N–H and O–H groups in total. The number of carbonyl (C=O) groups excluding carboxylic acids is 2. The maximum atomic E-state index is 12.9. The van der Waals surface area contributed by atoms with Crippen molar-refractivity contribution < 1.29 is 32.2 Å². The number of fused-ring (bicyclic) bond motifs is 1. The van der Waals surface area contributed by atoms with E-state index >= 15 is 0 Å². The number of carbonyl (C=O) groups is 2. The highest BCUT2D eigenvalue weighted by Crippen LogP contribution is 2.32. The SMILES string of the molecule is CCOC(=O)c1c(S(=O)(=O)NCC(=O)NCc2ccc3c(c2)OCO3)c(C)n(C)c1C. The molecule has 31 heavy (non-hydrogen) atoms. The van der Waals surface area contributed by atoms with Gasteiger partial charge in [-0.25, -0.2) is 17.9 Å². The summed E-state index contributed by atoms with van der Waals surface area (Å²) in [6.45, 7) is 4.83. The van der Waals surface area contributed by atoms with E-state index in [1.807, 2.05) is 0 Å². The number of benzene rings is 1. The Morgan fingerprint density at radius 1 is 1.16 bits per heavy atom. The van der Waals surface area contributed by atoms with Crippen molar-refractivity contribution in [2.75, 3.05) is 19.9 Å². The minimum atomic E-state index is -4.14. The number of aromatic nitrogens is 1. The van der Waals surface area contributed by atoms with Crippen LogP contribution in [0, 0.1) is 13.8 Å². The van der Waals surface area contributed by atoms with E-state index in [0.29, 0.717) is 22.9 Å². The van der Waals surface area contributed by atoms with Crippen molar-refractivity contribution in [1.29, 1.82) is 0 Å². The first kappa shape index (κ1) is 22.6. The Morgan fingerprint density at radius 3 is 2.58 bits per heavy atom. The van der Waals surface area contributed by atoms with Crippen LogP contribution in [0.1, 0.15) is 34.2 Å². The van der Waals surface area contributed by atoms with Crippen molar-refractivity contribution in [2.24, 2.45) is 7.05 Å². The molecule has 0 unspecified atom stereocenters. The lowest BCUT2D eigenvalue weighted by Gasteiger charge is -2.10. The molecule has 0 radical (unpaired) electrons. The van der Waals surface area contributed by atoms with Crippen molar-refractivity contribution in [1.82, 2.24) is 14.6 Å². The number of hydrogen-bond acceptors (Lipinski definition) is 7. The summed E-state index contributed by atoms with van der Waals surface area (Å²) in [6.07, 6.45) is 0. The van der Waals surface area contributed by atoms with Gasteiger partial charge in [-0.1, -0.05) is 6.07 Å². The first-order chi connectivity index (χ1) is 14.7. The van der Waals surface area contributed by atoms with Crippen molar-refractivity contribution >= 4 is 21.9 Å². The molecule has 10 nitrogen and oxygen atoms in total. The maximum Gasteiger partial charge on any atom is 0.341 e. The summed E-state index contributed by atoms with van der Waals surface area (Å²) >= 11 is 0. The van der Waals surface area contributed by atoms with Gasteiger partial charge in [-0.15, -0.1) is 0 Å². The van der Waals surface area contributed by atoms with E-state index in [1.165, 1.54) is 0 Å². The van der Waals surface area contributed by atoms with Crippen molar-refractivity contribution in [3.63, 3.8) is 0 Å². The zero-order valence-corrected chi connectivity index (χ0v) is 18.6. The van der Waals surface area contributed by atoms with Gasteiger partial charge in [0.05, 0.1) is 13.2 Å². The molecule has 1 aliphatic rings. The number of nitrogens with one attached hydrogen (secondary N) is 2. The van der Waals surface area contributed by atoms with Gasteiger partial charge in [0.25, 0.3) is 0 Å². The number of ether oxygens (including phenoxy) is 3. The molecule has 1 aromatic heterocycles. The van der Waals surface area contributed by atoms with Gasteiger partial charge in [-0.2, -0.15) is 0 Å². The second kappa shape index (κ2) is 8.98. The summed E-state index contributed by atoms with van der Waals surface area (Å²) in [7, 11) is -2.48. The fourth-order valence-corrected chi connectivity index (χ4v) is 4.73. The summed E-state index contributed by atoms with van der Waals surface area (Å²) in [4.78, 5) is 24.4. The number of hydrogen-bond donors (Lipinski definition) is 2. The highest BCUT2D eigenvalue weighted by atomic mass is 32.2. The standard InChI is InChI=1S/C20H25N3O7S/c1-5-28-20(25)18-12(2)23(4)13(3)19(18)31(26,27)22-10-17(24)21-9-14-6-7-15-16(8-14)30-11-29-15/h6-8,22H,5,9-11H2,1-4H3,(H,21,24). The average molecular weight is 452 g/mol. The zero-order chi connectivity index (χ0) is 22.8. The Bertz CT molecular complexity index is 1120. The summed E-state index contributed by atoms with van der Waals surface area (Å²) in [5.74, 6) is -0.0248. The van der Waals surface area contributed by atoms with Crippen LogP contribution in [0.25, 0.3) is 0 Å². The highest BCUT2D eigenvalue weighted by Gasteiger charge is 2.31. The molecular weight excluding hydrogens is 426 g/mol. The van der Waals surface area contributed by atoms with Crippen molar-refractivity contribution in [3.8, 4) is 11.5 Å². The molecule has 0 fully saturated rings. The van der Waals surface area contributed by atoms with E-state index in [4.69, 9.17) is 14.2 Å². The molecule has 0 atom stereocenters. The normalized spacial score (nSPS) is 12.6. The Morgan fingerprint density at radius 2 is 1.87 bits per heavy atom. The van der Waals surface area contributed by atoms with Crippen LogP contribution in [0.15, 0.2) is 23.1 Å². The summed E-state index contributed by atoms with van der Waals surface area (Å²) in [5, 5.41) is 2.64. The molecule has 1 amide bonds. The predicted octanol–water partition coefficient (Wildman–Crippen LogP) is 1.14. The fraction of sp³-hybridized carbons (Fsp3) is 0.400. The van der Waals surface area contributed by atoms with Crippen LogP contribution in [0.5, 0.6) is 11.5 Å². The van der Waals surface area contributed by atoms with E-state index < -0.39 is 28.4 Å². The Labute approximate surface area is 180 Å². The molecule has 0 spiro atoms. The van der Waals surface area contributed by atoms with Crippen molar-refractivity contribution in [2.45, 2.75) is 32.2 Å². The fourth-order valence-electron chi connectivity index (χ4n) is 3.24. The van der Waals surface area contributed by atoms with Gasteiger partial charge < -0.3 is 24.1 Å². The van der Waals surface area contributed by atoms with Gasteiger partial charge in [0, 0.05) is 25.0 Å². The smallest absolute Gasteiger partial charge is 0.341 e. The van der Waals surface area contributed by atoms with Crippen LogP contribution >= 0.6 is 0 Å². The lowest BCUT2D eigenvalue weighted by molar-refractivity contribution is -0.120. The average Bonchev–Trinajstić information content (AvgIpc) is 3.29. The molecule has 3 rings (SSSR count). The van der Waals surface area contributed by atoms with Gasteiger partial charge in [0.2, 0.25) is 22.7 Å². The molecule has 0 saturated carbocycles. The topological polar surface area (TPSA) is 125 Å². The largest absolute Gasteiger partial charge is 0.462 e. The third kappa shape index (κ3) is 4.67. The molecule has 0 aliphatic carbocycles. The number of nitrogens with zero attached hydrogens (tertiary/aromatic N) is 1. The molecule has 2 heterocycles. The third-order valence-corrected chi connectivity index (χ3v) is 6.58. The third-order valence-electron chi connectivity index (χ3n) is 5.02. The van der Waals surface area contributed by atoms with Crippen LogP contribution in [0.4, 0.5) is 0 Å². The summed E-state index contributed by atoms with van der Waals surface area (Å²) in [6, 6.07) is 5.26. The monoisotopic (exact) mass is 451 g/mol. The number of amides is 1.